The molecule has 6 nitrogen and oxygen atoms in total. The van der Waals surface area contributed by atoms with Crippen LogP contribution in [0.1, 0.15) is 29.7 Å². The van der Waals surface area contributed by atoms with Crippen molar-refractivity contribution in [1.82, 2.24) is 20.0 Å². The number of aryl methyl sites for hydroxylation is 2. The molecule has 1 saturated heterocycles. The van der Waals surface area contributed by atoms with Gasteiger partial charge in [0.1, 0.15) is 6.10 Å². The van der Waals surface area contributed by atoms with Crippen molar-refractivity contribution in [3.63, 3.8) is 0 Å². The van der Waals surface area contributed by atoms with Crippen LogP contribution < -0.4 is 5.32 Å². The summed E-state index contributed by atoms with van der Waals surface area (Å²) in [7, 11) is 1.93. The van der Waals surface area contributed by atoms with Gasteiger partial charge in [-0.2, -0.15) is 5.10 Å². The Balaban J connectivity index is 0.00000243. The summed E-state index contributed by atoms with van der Waals surface area (Å²) in [5.41, 5.74) is 3.61. The van der Waals surface area contributed by atoms with Crippen LogP contribution in [-0.4, -0.2) is 46.9 Å². The molecule has 7 heteroatoms. The van der Waals surface area contributed by atoms with Crippen LogP contribution in [0.4, 0.5) is 0 Å². The monoisotopic (exact) mass is 469 g/mol. The summed E-state index contributed by atoms with van der Waals surface area (Å²) in [6.45, 7) is 8.05. The van der Waals surface area contributed by atoms with Crippen LogP contribution in [0, 0.1) is 6.92 Å². The smallest absolute Gasteiger partial charge is 0.194 e. The third-order valence-electron chi connectivity index (χ3n) is 4.29. The van der Waals surface area contributed by atoms with Gasteiger partial charge in [0, 0.05) is 31.9 Å². The van der Waals surface area contributed by atoms with Crippen molar-refractivity contribution < 1.29 is 4.74 Å². The average Bonchev–Trinajstić information content (AvgIpc) is 3.05. The van der Waals surface area contributed by atoms with Gasteiger partial charge in [-0.25, -0.2) is 4.99 Å². The standard InChI is InChI=1S/C19H27N5O.HI/c1-4-20-19(21-11-16-7-5-6-15(2)10-16)24-8-9-25-18(14-24)17-12-22-23(3)13-17;/h5-7,10,12-13,18H,4,8-9,11,14H2,1-3H3,(H,20,21);1H. The summed E-state index contributed by atoms with van der Waals surface area (Å²) >= 11 is 0. The van der Waals surface area contributed by atoms with Crippen LogP contribution in [0.5, 0.6) is 0 Å². The summed E-state index contributed by atoms with van der Waals surface area (Å²) in [6.07, 6.45) is 3.93. The molecule has 142 valence electrons. The van der Waals surface area contributed by atoms with Crippen molar-refractivity contribution in [2.45, 2.75) is 26.5 Å². The van der Waals surface area contributed by atoms with Crippen molar-refractivity contribution in [2.75, 3.05) is 26.2 Å². The molecule has 1 N–H and O–H groups in total. The van der Waals surface area contributed by atoms with Gasteiger partial charge in [-0.15, -0.1) is 24.0 Å². The van der Waals surface area contributed by atoms with Gasteiger partial charge >= 0.3 is 0 Å². The molecule has 1 unspecified atom stereocenters. The van der Waals surface area contributed by atoms with Crippen LogP contribution in [0.15, 0.2) is 41.7 Å². The normalized spacial score (nSPS) is 17.7. The molecule has 1 atom stereocenters. The van der Waals surface area contributed by atoms with Crippen molar-refractivity contribution in [1.29, 1.82) is 0 Å². The molecule has 2 heterocycles. The minimum absolute atomic E-state index is 0. The summed E-state index contributed by atoms with van der Waals surface area (Å²) in [4.78, 5) is 7.12. The number of aliphatic imine (C=N–C) groups is 1. The maximum Gasteiger partial charge on any atom is 0.194 e. The number of rotatable bonds is 4. The molecule has 0 spiro atoms. The molecule has 1 aromatic carbocycles. The number of guanidine groups is 1. The molecule has 0 bridgehead atoms. The minimum atomic E-state index is 0. The lowest BCUT2D eigenvalue weighted by Gasteiger charge is -2.34. The lowest BCUT2D eigenvalue weighted by atomic mass is 10.1. The maximum atomic E-state index is 5.94. The van der Waals surface area contributed by atoms with E-state index in [1.54, 1.807) is 0 Å². The quantitative estimate of drug-likeness (QED) is 0.425. The second-order valence-corrected chi connectivity index (χ2v) is 6.41. The molecule has 0 amide bonds. The van der Waals surface area contributed by atoms with Gasteiger partial charge in [0.2, 0.25) is 0 Å². The summed E-state index contributed by atoms with van der Waals surface area (Å²) in [5.74, 6) is 0.946. The highest BCUT2D eigenvalue weighted by molar-refractivity contribution is 14.0. The summed E-state index contributed by atoms with van der Waals surface area (Å²) in [6, 6.07) is 8.50. The van der Waals surface area contributed by atoms with E-state index in [-0.39, 0.29) is 30.1 Å². The van der Waals surface area contributed by atoms with Crippen molar-refractivity contribution in [2.24, 2.45) is 12.0 Å². The zero-order valence-electron chi connectivity index (χ0n) is 15.7. The van der Waals surface area contributed by atoms with Crippen molar-refractivity contribution in [3.05, 3.63) is 53.3 Å². The molecule has 0 saturated carbocycles. The first kappa shape index (κ1) is 20.7. The van der Waals surface area contributed by atoms with E-state index >= 15 is 0 Å². The number of benzene rings is 1. The van der Waals surface area contributed by atoms with E-state index < -0.39 is 0 Å². The largest absolute Gasteiger partial charge is 0.370 e. The Morgan fingerprint density at radius 2 is 2.27 bits per heavy atom. The molecule has 26 heavy (non-hydrogen) atoms. The number of hydrogen-bond donors (Lipinski definition) is 1. The number of nitrogens with zero attached hydrogens (tertiary/aromatic N) is 4. The van der Waals surface area contributed by atoms with Gasteiger partial charge in [0.15, 0.2) is 5.96 Å². The Kier molecular flexibility index (Phi) is 7.89. The fourth-order valence-electron chi connectivity index (χ4n) is 3.05. The Morgan fingerprint density at radius 3 is 2.96 bits per heavy atom. The van der Waals surface area contributed by atoms with E-state index in [4.69, 9.17) is 9.73 Å². The Hall–Kier alpha value is -1.61. The second kappa shape index (κ2) is 9.91. The average molecular weight is 469 g/mol. The molecular weight excluding hydrogens is 441 g/mol. The van der Waals surface area contributed by atoms with Gasteiger partial charge in [-0.1, -0.05) is 29.8 Å². The van der Waals surface area contributed by atoms with Crippen LogP contribution >= 0.6 is 24.0 Å². The van der Waals surface area contributed by atoms with Crippen LogP contribution in [-0.2, 0) is 18.3 Å². The van der Waals surface area contributed by atoms with E-state index in [9.17, 15) is 0 Å². The molecule has 0 radical (unpaired) electrons. The van der Waals surface area contributed by atoms with Crippen LogP contribution in [0.25, 0.3) is 0 Å². The lowest BCUT2D eigenvalue weighted by Crippen LogP contribution is -2.48. The highest BCUT2D eigenvalue weighted by Crippen LogP contribution is 2.21. The fourth-order valence-corrected chi connectivity index (χ4v) is 3.05. The highest BCUT2D eigenvalue weighted by atomic mass is 127. The predicted molar refractivity (Wildman–Crippen MR) is 115 cm³/mol. The van der Waals surface area contributed by atoms with E-state index in [0.29, 0.717) is 13.2 Å². The highest BCUT2D eigenvalue weighted by Gasteiger charge is 2.25. The van der Waals surface area contributed by atoms with Crippen molar-refractivity contribution >= 4 is 29.9 Å². The Labute approximate surface area is 172 Å². The molecule has 0 aliphatic carbocycles. The lowest BCUT2D eigenvalue weighted by molar-refractivity contribution is -0.00805. The van der Waals surface area contributed by atoms with Gasteiger partial charge < -0.3 is 15.0 Å². The van der Waals surface area contributed by atoms with Crippen LogP contribution in [0.2, 0.25) is 0 Å². The third kappa shape index (κ3) is 5.44. The third-order valence-corrected chi connectivity index (χ3v) is 4.29. The molecule has 1 fully saturated rings. The molecule has 2 aromatic rings. The van der Waals surface area contributed by atoms with Crippen LogP contribution in [0.3, 0.4) is 0 Å². The molecule has 1 aliphatic heterocycles. The van der Waals surface area contributed by atoms with E-state index in [1.807, 2.05) is 24.1 Å². The molecule has 3 rings (SSSR count). The maximum absolute atomic E-state index is 5.94. The first-order valence-electron chi connectivity index (χ1n) is 8.84. The zero-order chi connectivity index (χ0) is 17.6. The van der Waals surface area contributed by atoms with Gasteiger partial charge in [0.25, 0.3) is 0 Å². The van der Waals surface area contributed by atoms with E-state index in [1.165, 1.54) is 11.1 Å². The number of ether oxygens (including phenoxy) is 1. The first-order valence-corrected chi connectivity index (χ1v) is 8.84. The SMILES string of the molecule is CCNC(=NCc1cccc(C)c1)N1CCOC(c2cnn(C)c2)C1.I. The molecular formula is C19H28IN5O. The summed E-state index contributed by atoms with van der Waals surface area (Å²) in [5, 5.41) is 7.67. The van der Waals surface area contributed by atoms with Gasteiger partial charge in [-0.05, 0) is 19.4 Å². The zero-order valence-corrected chi connectivity index (χ0v) is 18.0. The van der Waals surface area contributed by atoms with Crippen molar-refractivity contribution in [3.8, 4) is 0 Å². The van der Waals surface area contributed by atoms with Gasteiger partial charge in [0.05, 0.1) is 25.9 Å². The van der Waals surface area contributed by atoms with Gasteiger partial charge in [-0.3, -0.25) is 4.68 Å². The Morgan fingerprint density at radius 1 is 1.42 bits per heavy atom. The fraction of sp³-hybridized carbons (Fsp3) is 0.474. The minimum Gasteiger partial charge on any atom is -0.370 e. The predicted octanol–water partition coefficient (Wildman–Crippen LogP) is 2.89. The number of aromatic nitrogens is 2. The number of nitrogens with one attached hydrogen (secondary N) is 1. The number of hydrogen-bond acceptors (Lipinski definition) is 3. The topological polar surface area (TPSA) is 54.7 Å². The number of halogens is 1. The first-order chi connectivity index (χ1) is 12.2. The second-order valence-electron chi connectivity index (χ2n) is 6.41. The van der Waals surface area contributed by atoms with E-state index in [2.05, 4.69) is 53.4 Å². The summed E-state index contributed by atoms with van der Waals surface area (Å²) < 4.78 is 7.75. The molecule has 1 aromatic heterocycles. The van der Waals surface area contributed by atoms with E-state index in [0.717, 1.165) is 31.2 Å². The Bertz CT molecular complexity index is 730. The number of morpholine rings is 1. The molecule has 1 aliphatic rings.